The van der Waals surface area contributed by atoms with Crippen LogP contribution in [-0.2, 0) is 0 Å². The van der Waals surface area contributed by atoms with E-state index in [9.17, 15) is 0 Å². The Kier molecular flexibility index (Phi) is 5.49. The van der Waals surface area contributed by atoms with Crippen molar-refractivity contribution in [3.05, 3.63) is 29.3 Å². The van der Waals surface area contributed by atoms with E-state index in [2.05, 4.69) is 51.2 Å². The molecule has 0 aliphatic heterocycles. The summed E-state index contributed by atoms with van der Waals surface area (Å²) in [4.78, 5) is 0. The Morgan fingerprint density at radius 3 is 2.00 bits per heavy atom. The second-order valence-corrected chi connectivity index (χ2v) is 5.12. The summed E-state index contributed by atoms with van der Waals surface area (Å²) in [6.07, 6.45) is 0.796. The van der Waals surface area contributed by atoms with Gasteiger partial charge in [-0.3, -0.25) is 0 Å². The molecular formula is C15H25NO. The van der Waals surface area contributed by atoms with Gasteiger partial charge in [0.15, 0.2) is 0 Å². The number of rotatable bonds is 6. The van der Waals surface area contributed by atoms with Crippen LogP contribution in [0.15, 0.2) is 18.2 Å². The van der Waals surface area contributed by atoms with Crippen LogP contribution >= 0.6 is 0 Å². The Bertz CT molecular complexity index is 319. The third kappa shape index (κ3) is 3.74. The summed E-state index contributed by atoms with van der Waals surface area (Å²) in [6.45, 7) is 9.95. The molecule has 0 aromatic heterocycles. The maximum absolute atomic E-state index is 8.86. The Morgan fingerprint density at radius 2 is 1.59 bits per heavy atom. The molecule has 0 aliphatic rings. The highest BCUT2D eigenvalue weighted by Gasteiger charge is 2.12. The summed E-state index contributed by atoms with van der Waals surface area (Å²) >= 11 is 0. The molecule has 2 N–H and O–H groups in total. The van der Waals surface area contributed by atoms with Gasteiger partial charge in [-0.2, -0.15) is 0 Å². The van der Waals surface area contributed by atoms with Crippen LogP contribution in [0.5, 0.6) is 0 Å². The lowest BCUT2D eigenvalue weighted by Crippen LogP contribution is -2.09. The van der Waals surface area contributed by atoms with Gasteiger partial charge < -0.3 is 10.4 Å². The van der Waals surface area contributed by atoms with E-state index in [0.29, 0.717) is 11.8 Å². The number of aliphatic hydroxyl groups is 1. The molecule has 0 heterocycles. The molecule has 0 saturated heterocycles. The molecule has 1 aromatic rings. The molecule has 0 aliphatic carbocycles. The van der Waals surface area contributed by atoms with Crippen molar-refractivity contribution >= 4 is 5.69 Å². The third-order valence-corrected chi connectivity index (χ3v) is 3.01. The summed E-state index contributed by atoms with van der Waals surface area (Å²) < 4.78 is 0. The molecule has 2 nitrogen and oxygen atoms in total. The van der Waals surface area contributed by atoms with E-state index >= 15 is 0 Å². The SMILES string of the molecule is CC(C)c1cccc(C(C)C)c1NCCCO. The number of anilines is 1. The Balaban J connectivity index is 3.01. The summed E-state index contributed by atoms with van der Waals surface area (Å²) in [5, 5.41) is 12.3. The first-order valence-corrected chi connectivity index (χ1v) is 6.55. The molecule has 17 heavy (non-hydrogen) atoms. The summed E-state index contributed by atoms with van der Waals surface area (Å²) in [7, 11) is 0. The second kappa shape index (κ2) is 6.65. The minimum Gasteiger partial charge on any atom is -0.396 e. The van der Waals surface area contributed by atoms with E-state index in [1.54, 1.807) is 0 Å². The predicted octanol–water partition coefficient (Wildman–Crippen LogP) is 3.73. The molecule has 0 radical (unpaired) electrons. The van der Waals surface area contributed by atoms with Gasteiger partial charge in [-0.15, -0.1) is 0 Å². The fraction of sp³-hybridized carbons (Fsp3) is 0.600. The highest BCUT2D eigenvalue weighted by Crippen LogP contribution is 2.32. The van der Waals surface area contributed by atoms with E-state index in [0.717, 1.165) is 13.0 Å². The summed E-state index contributed by atoms with van der Waals surface area (Å²) in [6, 6.07) is 6.53. The van der Waals surface area contributed by atoms with Gasteiger partial charge in [-0.25, -0.2) is 0 Å². The molecule has 0 unspecified atom stereocenters. The molecule has 0 spiro atoms. The van der Waals surface area contributed by atoms with Crippen LogP contribution in [-0.4, -0.2) is 18.3 Å². The van der Waals surface area contributed by atoms with Crippen molar-refractivity contribution in [3.8, 4) is 0 Å². The van der Waals surface area contributed by atoms with Crippen molar-refractivity contribution < 1.29 is 5.11 Å². The molecule has 0 saturated carbocycles. The van der Waals surface area contributed by atoms with Gasteiger partial charge in [-0.05, 0) is 29.4 Å². The molecule has 0 amide bonds. The topological polar surface area (TPSA) is 32.3 Å². The van der Waals surface area contributed by atoms with E-state index in [-0.39, 0.29) is 6.61 Å². The molecule has 0 fully saturated rings. The summed E-state index contributed by atoms with van der Waals surface area (Å²) in [5.41, 5.74) is 4.01. The van der Waals surface area contributed by atoms with E-state index in [4.69, 9.17) is 5.11 Å². The Labute approximate surface area is 105 Å². The lowest BCUT2D eigenvalue weighted by atomic mass is 9.92. The van der Waals surface area contributed by atoms with Crippen LogP contribution < -0.4 is 5.32 Å². The van der Waals surface area contributed by atoms with Crippen molar-refractivity contribution in [1.82, 2.24) is 0 Å². The monoisotopic (exact) mass is 235 g/mol. The van der Waals surface area contributed by atoms with Gasteiger partial charge in [0.25, 0.3) is 0 Å². The molecular weight excluding hydrogens is 210 g/mol. The average molecular weight is 235 g/mol. The molecule has 0 bridgehead atoms. The van der Waals surface area contributed by atoms with Gasteiger partial charge >= 0.3 is 0 Å². The zero-order valence-corrected chi connectivity index (χ0v) is 11.5. The van der Waals surface area contributed by atoms with Gasteiger partial charge in [0, 0.05) is 18.8 Å². The van der Waals surface area contributed by atoms with Crippen LogP contribution in [0.25, 0.3) is 0 Å². The largest absolute Gasteiger partial charge is 0.396 e. The Hall–Kier alpha value is -1.02. The third-order valence-electron chi connectivity index (χ3n) is 3.01. The number of hydrogen-bond acceptors (Lipinski definition) is 2. The van der Waals surface area contributed by atoms with Crippen molar-refractivity contribution in [2.75, 3.05) is 18.5 Å². The predicted molar refractivity (Wildman–Crippen MR) is 74.8 cm³/mol. The lowest BCUT2D eigenvalue weighted by Gasteiger charge is -2.20. The minimum absolute atomic E-state index is 0.244. The normalized spacial score (nSPS) is 11.2. The molecule has 1 aromatic carbocycles. The molecule has 96 valence electrons. The van der Waals surface area contributed by atoms with Crippen LogP contribution in [0, 0.1) is 0 Å². The van der Waals surface area contributed by atoms with Crippen molar-refractivity contribution in [2.45, 2.75) is 46.0 Å². The average Bonchev–Trinajstić information content (AvgIpc) is 2.28. The smallest absolute Gasteiger partial charge is 0.0447 e. The molecule has 0 atom stereocenters. The number of para-hydroxylation sites is 1. The first-order chi connectivity index (χ1) is 8.07. The standard InChI is InChI=1S/C15H25NO/c1-11(2)13-7-5-8-14(12(3)4)15(13)16-9-6-10-17/h5,7-8,11-12,16-17H,6,9-10H2,1-4H3. The zero-order valence-electron chi connectivity index (χ0n) is 11.5. The first-order valence-electron chi connectivity index (χ1n) is 6.55. The van der Waals surface area contributed by atoms with Gasteiger partial charge in [0.1, 0.15) is 0 Å². The number of hydrogen-bond donors (Lipinski definition) is 2. The van der Waals surface area contributed by atoms with Crippen LogP contribution in [0.3, 0.4) is 0 Å². The van der Waals surface area contributed by atoms with Gasteiger partial charge in [0.05, 0.1) is 0 Å². The van der Waals surface area contributed by atoms with E-state index < -0.39 is 0 Å². The van der Waals surface area contributed by atoms with E-state index in [1.165, 1.54) is 16.8 Å². The van der Waals surface area contributed by atoms with Crippen molar-refractivity contribution in [2.24, 2.45) is 0 Å². The fourth-order valence-corrected chi connectivity index (χ4v) is 2.05. The minimum atomic E-state index is 0.244. The fourth-order valence-electron chi connectivity index (χ4n) is 2.05. The van der Waals surface area contributed by atoms with Crippen molar-refractivity contribution in [1.29, 1.82) is 0 Å². The van der Waals surface area contributed by atoms with Gasteiger partial charge in [-0.1, -0.05) is 45.9 Å². The van der Waals surface area contributed by atoms with Crippen LogP contribution in [0.1, 0.15) is 57.1 Å². The van der Waals surface area contributed by atoms with Crippen molar-refractivity contribution in [3.63, 3.8) is 0 Å². The van der Waals surface area contributed by atoms with Crippen LogP contribution in [0.4, 0.5) is 5.69 Å². The number of benzene rings is 1. The number of aliphatic hydroxyl groups excluding tert-OH is 1. The summed E-state index contributed by atoms with van der Waals surface area (Å²) in [5.74, 6) is 1.04. The van der Waals surface area contributed by atoms with Gasteiger partial charge in [0.2, 0.25) is 0 Å². The lowest BCUT2D eigenvalue weighted by molar-refractivity contribution is 0.292. The first kappa shape index (κ1) is 14.0. The highest BCUT2D eigenvalue weighted by molar-refractivity contribution is 5.60. The number of nitrogens with one attached hydrogen (secondary N) is 1. The molecule has 2 heteroatoms. The van der Waals surface area contributed by atoms with E-state index in [1.807, 2.05) is 0 Å². The second-order valence-electron chi connectivity index (χ2n) is 5.12. The zero-order chi connectivity index (χ0) is 12.8. The maximum atomic E-state index is 8.86. The highest BCUT2D eigenvalue weighted by atomic mass is 16.3. The quantitative estimate of drug-likeness (QED) is 0.736. The maximum Gasteiger partial charge on any atom is 0.0447 e. The molecule has 1 rings (SSSR count). The Morgan fingerprint density at radius 1 is 1.06 bits per heavy atom. The van der Waals surface area contributed by atoms with Crippen LogP contribution in [0.2, 0.25) is 0 Å².